The number of amides is 1. The summed E-state index contributed by atoms with van der Waals surface area (Å²) in [5.74, 6) is 0.439. The summed E-state index contributed by atoms with van der Waals surface area (Å²) in [4.78, 5) is 18.1. The highest BCUT2D eigenvalue weighted by Crippen LogP contribution is 2.38. The lowest BCUT2D eigenvalue weighted by Gasteiger charge is -2.50. The summed E-state index contributed by atoms with van der Waals surface area (Å²) in [6.45, 7) is 12.6. The molecule has 1 unspecified atom stereocenters. The Morgan fingerprint density at radius 1 is 1.03 bits per heavy atom. The van der Waals surface area contributed by atoms with E-state index >= 15 is 0 Å². The van der Waals surface area contributed by atoms with Gasteiger partial charge in [-0.3, -0.25) is 9.69 Å². The Morgan fingerprint density at radius 3 is 2.31 bits per heavy atom. The van der Waals surface area contributed by atoms with Gasteiger partial charge in [0.2, 0.25) is 5.91 Å². The molecule has 0 aliphatic carbocycles. The van der Waals surface area contributed by atoms with Gasteiger partial charge in [-0.2, -0.15) is 0 Å². The van der Waals surface area contributed by atoms with Crippen LogP contribution in [0.3, 0.4) is 0 Å². The molecule has 2 fully saturated rings. The number of nitrogens with zero attached hydrogens (tertiary/aromatic N) is 2. The average Bonchev–Trinajstić information content (AvgIpc) is 2.89. The molecule has 0 bridgehead atoms. The van der Waals surface area contributed by atoms with Gasteiger partial charge in [-0.25, -0.2) is 0 Å². The van der Waals surface area contributed by atoms with Crippen molar-refractivity contribution in [3.63, 3.8) is 0 Å². The first-order valence-electron chi connectivity index (χ1n) is 14.1. The van der Waals surface area contributed by atoms with E-state index in [9.17, 15) is 18.0 Å². The van der Waals surface area contributed by atoms with Crippen LogP contribution < -0.4 is 10.1 Å². The van der Waals surface area contributed by atoms with E-state index in [1.165, 1.54) is 17.7 Å². The zero-order valence-electron chi connectivity index (χ0n) is 23.6. The number of carbonyl (C=O) groups excluding carboxylic acids is 1. The van der Waals surface area contributed by atoms with Crippen LogP contribution >= 0.6 is 0 Å². The number of alkyl halides is 3. The number of rotatable bonds is 7. The number of ether oxygens (including phenoxy) is 1. The van der Waals surface area contributed by atoms with Crippen molar-refractivity contribution in [2.24, 2.45) is 11.3 Å². The molecule has 1 amide bonds. The van der Waals surface area contributed by atoms with Crippen molar-refractivity contribution in [3.8, 4) is 5.75 Å². The Kier molecular flexibility index (Phi) is 9.27. The molecule has 2 aromatic carbocycles. The number of carbonyl (C=O) groups is 1. The average molecular weight is 546 g/mol. The predicted octanol–water partition coefficient (Wildman–Crippen LogP) is 6.19. The van der Waals surface area contributed by atoms with Crippen LogP contribution in [0.2, 0.25) is 0 Å². The summed E-state index contributed by atoms with van der Waals surface area (Å²) in [6, 6.07) is 14.4. The number of piperidine rings is 1. The first kappa shape index (κ1) is 29.4. The van der Waals surface area contributed by atoms with Crippen molar-refractivity contribution in [2.75, 3.05) is 32.7 Å². The minimum atomic E-state index is -4.73. The van der Waals surface area contributed by atoms with Crippen LogP contribution in [0.1, 0.15) is 69.7 Å². The Balaban J connectivity index is 1.63. The monoisotopic (exact) mass is 545 g/mol. The highest BCUT2D eigenvalue weighted by molar-refractivity contribution is 5.77. The topological polar surface area (TPSA) is 44.8 Å². The van der Waals surface area contributed by atoms with Crippen molar-refractivity contribution in [3.05, 3.63) is 65.2 Å². The first-order valence-corrected chi connectivity index (χ1v) is 14.1. The van der Waals surface area contributed by atoms with Crippen molar-refractivity contribution < 1.29 is 22.7 Å². The highest BCUT2D eigenvalue weighted by Gasteiger charge is 2.41. The van der Waals surface area contributed by atoms with Crippen molar-refractivity contribution >= 4 is 5.91 Å². The molecule has 4 rings (SSSR count). The van der Waals surface area contributed by atoms with Crippen LogP contribution in [-0.4, -0.2) is 60.8 Å². The number of piperazine rings is 1. The molecule has 2 aliphatic rings. The third-order valence-corrected chi connectivity index (χ3v) is 8.18. The molecule has 5 nitrogen and oxygen atoms in total. The van der Waals surface area contributed by atoms with E-state index in [1.54, 1.807) is 12.1 Å². The molecular formula is C31H42F3N3O2. The van der Waals surface area contributed by atoms with Gasteiger partial charge >= 0.3 is 6.36 Å². The third-order valence-electron chi connectivity index (χ3n) is 8.18. The molecule has 2 aromatic rings. The maximum atomic E-state index is 13.6. The van der Waals surface area contributed by atoms with Crippen LogP contribution in [0.5, 0.6) is 5.75 Å². The molecule has 0 aromatic heterocycles. The molecule has 2 saturated heterocycles. The zero-order valence-corrected chi connectivity index (χ0v) is 23.6. The highest BCUT2D eigenvalue weighted by atomic mass is 19.4. The molecule has 39 heavy (non-hydrogen) atoms. The van der Waals surface area contributed by atoms with Crippen LogP contribution in [0.15, 0.2) is 48.5 Å². The van der Waals surface area contributed by atoms with E-state index in [-0.39, 0.29) is 29.2 Å². The molecule has 0 radical (unpaired) electrons. The number of nitrogens with one attached hydrogen (secondary N) is 1. The van der Waals surface area contributed by atoms with Gasteiger partial charge in [0.25, 0.3) is 0 Å². The van der Waals surface area contributed by atoms with Crippen LogP contribution in [0.25, 0.3) is 0 Å². The second-order valence-corrected chi connectivity index (χ2v) is 11.9. The SMILES string of the molecule is CCc1ccccc1C(c1ccc(OC(F)(F)F)cc1)N1CCN(C(=O)CC2CCNCC2)[C@@H](C(C)(C)C)C1. The normalized spacial score (nSPS) is 20.6. The molecule has 1 N–H and O–H groups in total. The lowest BCUT2D eigenvalue weighted by atomic mass is 9.82. The van der Waals surface area contributed by atoms with Crippen molar-refractivity contribution in [1.29, 1.82) is 0 Å². The van der Waals surface area contributed by atoms with E-state index in [1.807, 2.05) is 12.1 Å². The van der Waals surface area contributed by atoms with Gasteiger partial charge in [-0.05, 0) is 72.5 Å². The second kappa shape index (κ2) is 12.3. The van der Waals surface area contributed by atoms with Gasteiger partial charge in [0, 0.05) is 32.1 Å². The molecule has 2 atom stereocenters. The zero-order chi connectivity index (χ0) is 28.2. The molecule has 0 saturated carbocycles. The van der Waals surface area contributed by atoms with E-state index in [0.717, 1.165) is 43.5 Å². The number of hydrogen-bond donors (Lipinski definition) is 1. The van der Waals surface area contributed by atoms with Gasteiger partial charge in [-0.1, -0.05) is 64.1 Å². The lowest BCUT2D eigenvalue weighted by molar-refractivity contribution is -0.274. The number of aryl methyl sites for hydroxylation is 1. The molecule has 214 valence electrons. The summed E-state index contributed by atoms with van der Waals surface area (Å²) in [5, 5.41) is 3.38. The standard InChI is InChI=1S/C31H42F3N3O2/c1-5-23-8-6-7-9-26(23)29(24-10-12-25(13-11-24)39-31(32,33)34)36-18-19-37(27(21-36)30(2,3)4)28(38)20-22-14-16-35-17-15-22/h6-13,22,27,29,35H,5,14-21H2,1-4H3/t27-,29?/m1/s1. The summed E-state index contributed by atoms with van der Waals surface area (Å²) in [7, 11) is 0. The number of halogens is 3. The fourth-order valence-electron chi connectivity index (χ4n) is 6.09. The molecule has 2 heterocycles. The van der Waals surface area contributed by atoms with Gasteiger partial charge in [0.1, 0.15) is 5.75 Å². The largest absolute Gasteiger partial charge is 0.573 e. The molecule has 0 spiro atoms. The minimum absolute atomic E-state index is 0.0181. The first-order chi connectivity index (χ1) is 18.5. The van der Waals surface area contributed by atoms with Crippen LogP contribution in [0, 0.1) is 11.3 Å². The quantitative estimate of drug-likeness (QED) is 0.451. The Bertz CT molecular complexity index is 1090. The maximum absolute atomic E-state index is 13.6. The van der Waals surface area contributed by atoms with E-state index in [4.69, 9.17) is 0 Å². The number of hydrogen-bond acceptors (Lipinski definition) is 4. The van der Waals surface area contributed by atoms with Gasteiger partial charge in [0.05, 0.1) is 6.04 Å². The predicted molar refractivity (Wildman–Crippen MR) is 148 cm³/mol. The summed E-state index contributed by atoms with van der Waals surface area (Å²) in [5.41, 5.74) is 3.12. The Hall–Kier alpha value is -2.58. The van der Waals surface area contributed by atoms with E-state index in [2.05, 4.69) is 59.7 Å². The van der Waals surface area contributed by atoms with E-state index < -0.39 is 6.36 Å². The van der Waals surface area contributed by atoms with Crippen LogP contribution in [0.4, 0.5) is 13.2 Å². The maximum Gasteiger partial charge on any atom is 0.573 e. The molecular weight excluding hydrogens is 503 g/mol. The van der Waals surface area contributed by atoms with Crippen LogP contribution in [-0.2, 0) is 11.2 Å². The van der Waals surface area contributed by atoms with Gasteiger partial charge < -0.3 is 15.0 Å². The second-order valence-electron chi connectivity index (χ2n) is 11.9. The Labute approximate surface area is 230 Å². The third kappa shape index (κ3) is 7.54. The summed E-state index contributed by atoms with van der Waals surface area (Å²) >= 11 is 0. The van der Waals surface area contributed by atoms with Gasteiger partial charge in [-0.15, -0.1) is 13.2 Å². The van der Waals surface area contributed by atoms with Crippen molar-refractivity contribution in [2.45, 2.75) is 71.8 Å². The Morgan fingerprint density at radius 2 is 1.69 bits per heavy atom. The van der Waals surface area contributed by atoms with Gasteiger partial charge in [0.15, 0.2) is 0 Å². The lowest BCUT2D eigenvalue weighted by Crippen LogP contribution is -2.60. The fourth-order valence-corrected chi connectivity index (χ4v) is 6.09. The minimum Gasteiger partial charge on any atom is -0.406 e. The van der Waals surface area contributed by atoms with Crippen molar-refractivity contribution in [1.82, 2.24) is 15.1 Å². The smallest absolute Gasteiger partial charge is 0.406 e. The number of benzene rings is 2. The fraction of sp³-hybridized carbons (Fsp3) is 0.581. The van der Waals surface area contributed by atoms with E-state index in [0.29, 0.717) is 32.0 Å². The summed E-state index contributed by atoms with van der Waals surface area (Å²) < 4.78 is 42.5. The molecule has 8 heteroatoms. The summed E-state index contributed by atoms with van der Waals surface area (Å²) in [6.07, 6.45) is -1.21. The molecule has 2 aliphatic heterocycles.